The molecule has 0 atom stereocenters. The van der Waals surface area contributed by atoms with Gasteiger partial charge in [0.2, 0.25) is 0 Å². The van der Waals surface area contributed by atoms with E-state index in [-0.39, 0.29) is 82.9 Å². The quantitative estimate of drug-likeness (QED) is 0.507. The first-order chi connectivity index (χ1) is 0. The molecular weight excluding hydrogens is 269 g/mol. The van der Waals surface area contributed by atoms with E-state index in [1.807, 2.05) is 0 Å². The van der Waals surface area contributed by atoms with E-state index in [0.717, 1.165) is 0 Å². The minimum Gasteiger partial charge on any atom is -0.870 e. The summed E-state index contributed by atoms with van der Waals surface area (Å²) in [6.45, 7) is 0. The predicted molar refractivity (Wildman–Crippen MR) is 11.6 cm³/mol. The van der Waals surface area contributed by atoms with Crippen molar-refractivity contribution in [3.63, 3.8) is 0 Å². The molecule has 9 heteroatoms. The average molecular weight is 275 g/mol. The smallest absolute Gasteiger partial charge is 0.870 e. The van der Waals surface area contributed by atoms with Gasteiger partial charge in [-0.05, 0) is 0 Å². The van der Waals surface area contributed by atoms with Crippen molar-refractivity contribution >= 4 is 0 Å². The SMILES string of the molecule is [Fe+2].[Ni+2].[Ni+2].[OH-].[OH-].[OH-].[OH-].[OH-].[OH-]. The van der Waals surface area contributed by atoms with Gasteiger partial charge in [-0.3, -0.25) is 0 Å². The first-order valence-electron chi connectivity index (χ1n) is 0. The van der Waals surface area contributed by atoms with Crippen LogP contribution in [0.3, 0.4) is 0 Å². The molecule has 0 spiro atoms. The van der Waals surface area contributed by atoms with Crippen LogP contribution in [0.1, 0.15) is 0 Å². The van der Waals surface area contributed by atoms with Crippen molar-refractivity contribution < 1.29 is 82.9 Å². The molecule has 0 aromatic rings. The zero-order valence-electron chi connectivity index (χ0n) is 3.67. The Bertz CT molecular complexity index is 11.0. The van der Waals surface area contributed by atoms with Crippen LogP contribution in [0.5, 0.6) is 0 Å². The van der Waals surface area contributed by atoms with Gasteiger partial charge in [-0.25, -0.2) is 0 Å². The summed E-state index contributed by atoms with van der Waals surface area (Å²) in [4.78, 5) is 0. The van der Waals surface area contributed by atoms with E-state index in [0.29, 0.717) is 0 Å². The molecule has 0 aromatic carbocycles. The fraction of sp³-hybridized carbons (Fsp3) is 0. The largest absolute Gasteiger partial charge is 2.00 e. The average Bonchev–Trinajstić information content (AvgIpc) is 0. The number of hydrogen-bond acceptors (Lipinski definition) is 6. The zero-order chi connectivity index (χ0) is 0. The molecule has 0 unspecified atom stereocenters. The maximum absolute atomic E-state index is 0. The second-order valence-electron chi connectivity index (χ2n) is 0. The van der Waals surface area contributed by atoms with Crippen LogP contribution in [0.25, 0.3) is 0 Å². The van der Waals surface area contributed by atoms with Gasteiger partial charge in [0.05, 0.1) is 0 Å². The molecule has 0 fully saturated rings. The molecule has 0 aliphatic carbocycles. The van der Waals surface area contributed by atoms with E-state index in [1.54, 1.807) is 0 Å². The second-order valence-corrected chi connectivity index (χ2v) is 0. The maximum Gasteiger partial charge on any atom is 2.00 e. The van der Waals surface area contributed by atoms with Crippen LogP contribution in [0.2, 0.25) is 0 Å². The Morgan fingerprint density at radius 3 is 0.333 bits per heavy atom. The predicted octanol–water partition coefficient (Wildman–Crippen LogP) is -1.07. The Balaban J connectivity index is 0. The Kier molecular flexibility index (Phi) is 24100. The van der Waals surface area contributed by atoms with Gasteiger partial charge in [-0.2, -0.15) is 0 Å². The summed E-state index contributed by atoms with van der Waals surface area (Å²) in [5, 5.41) is 0. The molecule has 0 bridgehead atoms. The van der Waals surface area contributed by atoms with Crippen LogP contribution in [-0.4, -0.2) is 32.9 Å². The van der Waals surface area contributed by atoms with E-state index in [4.69, 9.17) is 0 Å². The van der Waals surface area contributed by atoms with Gasteiger partial charge in [0.15, 0.2) is 0 Å². The van der Waals surface area contributed by atoms with Gasteiger partial charge in [0.1, 0.15) is 0 Å². The monoisotopic (exact) mass is 274 g/mol. The van der Waals surface area contributed by atoms with E-state index in [2.05, 4.69) is 0 Å². The summed E-state index contributed by atoms with van der Waals surface area (Å²) >= 11 is 0. The fourth-order valence-corrected chi connectivity index (χ4v) is 0. The zero-order valence-corrected chi connectivity index (χ0v) is 6.75. The third kappa shape index (κ3) is 305. The summed E-state index contributed by atoms with van der Waals surface area (Å²) in [6.07, 6.45) is 0. The van der Waals surface area contributed by atoms with Gasteiger partial charge in [0.25, 0.3) is 0 Å². The molecule has 0 amide bonds. The molecule has 6 nitrogen and oxygen atoms in total. The number of rotatable bonds is 0. The van der Waals surface area contributed by atoms with Crippen LogP contribution in [-0.2, 0) is 50.1 Å². The summed E-state index contributed by atoms with van der Waals surface area (Å²) in [7, 11) is 0. The molecule has 0 rings (SSSR count). The van der Waals surface area contributed by atoms with Crippen LogP contribution < -0.4 is 0 Å². The molecule has 0 aromatic heterocycles. The first kappa shape index (κ1) is 550. The third-order valence-electron chi connectivity index (χ3n) is 0. The van der Waals surface area contributed by atoms with E-state index < -0.39 is 0 Å². The van der Waals surface area contributed by atoms with Crippen LogP contribution in [0.4, 0.5) is 0 Å². The minimum atomic E-state index is 0. The summed E-state index contributed by atoms with van der Waals surface area (Å²) < 4.78 is 0. The van der Waals surface area contributed by atoms with Gasteiger partial charge < -0.3 is 32.9 Å². The van der Waals surface area contributed by atoms with Crippen molar-refractivity contribution in [3.8, 4) is 0 Å². The van der Waals surface area contributed by atoms with Crippen molar-refractivity contribution in [1.82, 2.24) is 0 Å². The third-order valence-corrected chi connectivity index (χ3v) is 0. The van der Waals surface area contributed by atoms with Crippen LogP contribution in [0, 0.1) is 0 Å². The summed E-state index contributed by atoms with van der Waals surface area (Å²) in [5.74, 6) is 0. The molecule has 6 N–H and O–H groups in total. The molecule has 0 heterocycles. The summed E-state index contributed by atoms with van der Waals surface area (Å²) in [5.41, 5.74) is 0. The Hall–Kier alpha value is 1.27. The second kappa shape index (κ2) is 395. The molecule has 0 radical (unpaired) electrons. The van der Waals surface area contributed by atoms with E-state index >= 15 is 0 Å². The first-order valence-corrected chi connectivity index (χ1v) is 0. The molecule has 0 aliphatic rings. The minimum absolute atomic E-state index is 0. The van der Waals surface area contributed by atoms with Crippen molar-refractivity contribution in [1.29, 1.82) is 0 Å². The molecular formula is H6FeNi2O6. The number of hydrogen-bond donors (Lipinski definition) is 0. The Labute approximate surface area is 82.9 Å². The van der Waals surface area contributed by atoms with Crippen LogP contribution in [0.15, 0.2) is 0 Å². The molecule has 70 valence electrons. The van der Waals surface area contributed by atoms with Crippen molar-refractivity contribution in [2.75, 3.05) is 0 Å². The molecule has 9 heavy (non-hydrogen) atoms. The van der Waals surface area contributed by atoms with Crippen molar-refractivity contribution in [2.45, 2.75) is 0 Å². The van der Waals surface area contributed by atoms with E-state index in [9.17, 15) is 0 Å². The molecule has 0 saturated carbocycles. The fourth-order valence-electron chi connectivity index (χ4n) is 0. The molecule has 0 saturated heterocycles. The maximum atomic E-state index is 0. The topological polar surface area (TPSA) is 180 Å². The summed E-state index contributed by atoms with van der Waals surface area (Å²) in [6, 6.07) is 0. The normalized spacial score (nSPS) is 0. The van der Waals surface area contributed by atoms with Crippen molar-refractivity contribution in [2.24, 2.45) is 0 Å². The Morgan fingerprint density at radius 2 is 0.333 bits per heavy atom. The van der Waals surface area contributed by atoms with Crippen LogP contribution >= 0.6 is 0 Å². The van der Waals surface area contributed by atoms with Crippen molar-refractivity contribution in [3.05, 3.63) is 0 Å². The van der Waals surface area contributed by atoms with Gasteiger partial charge in [-0.15, -0.1) is 0 Å². The Morgan fingerprint density at radius 1 is 0.333 bits per heavy atom. The van der Waals surface area contributed by atoms with E-state index in [1.165, 1.54) is 0 Å². The standard InChI is InChI=1S/Fe.2Ni.6H2O/h;;;6*1H2/q3*+2;;;;;;/p-6. The molecule has 0 aliphatic heterocycles. The van der Waals surface area contributed by atoms with Gasteiger partial charge in [0, 0.05) is 0 Å². The van der Waals surface area contributed by atoms with Gasteiger partial charge >= 0.3 is 50.1 Å². The van der Waals surface area contributed by atoms with Gasteiger partial charge in [-0.1, -0.05) is 0 Å².